The number of hydrogen-bond donors (Lipinski definition) is 1. The second kappa shape index (κ2) is 4.97. The van der Waals surface area contributed by atoms with Gasteiger partial charge in [-0.05, 0) is 20.8 Å². The predicted molar refractivity (Wildman–Crippen MR) is 61.8 cm³/mol. The van der Waals surface area contributed by atoms with Crippen LogP contribution >= 0.6 is 0 Å². The summed E-state index contributed by atoms with van der Waals surface area (Å²) in [6.07, 6.45) is 2.64. The molecule has 5 nitrogen and oxygen atoms in total. The normalized spacial score (nSPS) is 14.3. The van der Waals surface area contributed by atoms with Crippen LogP contribution in [-0.4, -0.2) is 34.3 Å². The Labute approximate surface area is 96.0 Å². The minimum atomic E-state index is -3.03. The fourth-order valence-corrected chi connectivity index (χ4v) is 2.09. The summed E-state index contributed by atoms with van der Waals surface area (Å²) in [5, 5.41) is 12.9. The Kier molecular flexibility index (Phi) is 4.09. The second-order valence-electron chi connectivity index (χ2n) is 4.13. The van der Waals surface area contributed by atoms with Crippen molar-refractivity contribution in [3.63, 3.8) is 0 Å². The Morgan fingerprint density at radius 2 is 2.06 bits per heavy atom. The van der Waals surface area contributed by atoms with Gasteiger partial charge >= 0.3 is 0 Å². The van der Waals surface area contributed by atoms with Crippen molar-refractivity contribution in [1.29, 1.82) is 0 Å². The lowest BCUT2D eigenvalue weighted by Gasteiger charge is -2.07. The van der Waals surface area contributed by atoms with E-state index in [1.165, 1.54) is 0 Å². The van der Waals surface area contributed by atoms with Crippen LogP contribution in [0.5, 0.6) is 0 Å². The monoisotopic (exact) mass is 246 g/mol. The van der Waals surface area contributed by atoms with Crippen LogP contribution in [0, 0.1) is 0 Å². The molecule has 0 aromatic carbocycles. The third kappa shape index (κ3) is 3.31. The van der Waals surface area contributed by atoms with Crippen molar-refractivity contribution < 1.29 is 13.5 Å². The topological polar surface area (TPSA) is 72.2 Å². The number of aliphatic hydroxyl groups is 1. The Hall–Kier alpha value is -0.880. The zero-order valence-corrected chi connectivity index (χ0v) is 10.6. The molecule has 0 aliphatic carbocycles. The molecule has 0 bridgehead atoms. The van der Waals surface area contributed by atoms with Crippen LogP contribution in [0.4, 0.5) is 0 Å². The number of rotatable bonds is 5. The van der Waals surface area contributed by atoms with Crippen molar-refractivity contribution in [1.82, 2.24) is 9.78 Å². The van der Waals surface area contributed by atoms with Crippen molar-refractivity contribution >= 4 is 9.84 Å². The summed E-state index contributed by atoms with van der Waals surface area (Å²) >= 11 is 0. The van der Waals surface area contributed by atoms with Crippen molar-refractivity contribution in [3.8, 4) is 0 Å². The fourth-order valence-electron chi connectivity index (χ4n) is 1.17. The first-order valence-corrected chi connectivity index (χ1v) is 6.96. The molecule has 0 amide bonds. The van der Waals surface area contributed by atoms with Crippen molar-refractivity contribution in [2.24, 2.45) is 0 Å². The lowest BCUT2D eigenvalue weighted by atomic mass is 10.2. The van der Waals surface area contributed by atoms with E-state index in [-0.39, 0.29) is 11.0 Å². The number of aryl methyl sites for hydroxylation is 1. The zero-order valence-electron chi connectivity index (χ0n) is 9.79. The molecule has 1 N–H and O–H groups in total. The predicted octanol–water partition coefficient (Wildman–Crippen LogP) is 0.760. The van der Waals surface area contributed by atoms with Gasteiger partial charge in [0, 0.05) is 11.8 Å². The van der Waals surface area contributed by atoms with Gasteiger partial charge in [0.15, 0.2) is 9.84 Å². The zero-order chi connectivity index (χ0) is 12.3. The maximum Gasteiger partial charge on any atom is 0.154 e. The number of sulfone groups is 1. The van der Waals surface area contributed by atoms with E-state index in [0.29, 0.717) is 12.1 Å². The molecule has 16 heavy (non-hydrogen) atoms. The van der Waals surface area contributed by atoms with Crippen LogP contribution in [0.2, 0.25) is 0 Å². The molecule has 0 saturated carbocycles. The fraction of sp³-hybridized carbons (Fsp3) is 0.700. The molecule has 1 atom stereocenters. The third-order valence-electron chi connectivity index (χ3n) is 2.46. The van der Waals surface area contributed by atoms with Gasteiger partial charge in [-0.15, -0.1) is 0 Å². The van der Waals surface area contributed by atoms with Gasteiger partial charge in [-0.2, -0.15) is 5.10 Å². The van der Waals surface area contributed by atoms with Gasteiger partial charge in [0.2, 0.25) is 0 Å². The summed E-state index contributed by atoms with van der Waals surface area (Å²) in [6.45, 7) is 5.30. The van der Waals surface area contributed by atoms with E-state index in [0.717, 1.165) is 0 Å². The van der Waals surface area contributed by atoms with Gasteiger partial charge in [-0.25, -0.2) is 8.42 Å². The van der Waals surface area contributed by atoms with Crippen molar-refractivity contribution in [2.45, 2.75) is 38.7 Å². The molecule has 1 aromatic heterocycles. The van der Waals surface area contributed by atoms with Crippen LogP contribution in [0.25, 0.3) is 0 Å². The molecule has 0 aliphatic heterocycles. The van der Waals surface area contributed by atoms with E-state index in [9.17, 15) is 13.5 Å². The molecule has 0 spiro atoms. The van der Waals surface area contributed by atoms with Gasteiger partial charge in [-0.1, -0.05) is 0 Å². The third-order valence-corrected chi connectivity index (χ3v) is 4.65. The van der Waals surface area contributed by atoms with Gasteiger partial charge in [0.05, 0.1) is 29.8 Å². The van der Waals surface area contributed by atoms with Gasteiger partial charge < -0.3 is 5.11 Å². The quantitative estimate of drug-likeness (QED) is 0.832. The molecular weight excluding hydrogens is 228 g/mol. The summed E-state index contributed by atoms with van der Waals surface area (Å²) < 4.78 is 24.7. The van der Waals surface area contributed by atoms with Gasteiger partial charge in [-0.3, -0.25) is 4.68 Å². The van der Waals surface area contributed by atoms with Crippen LogP contribution in [0.15, 0.2) is 12.4 Å². The largest absolute Gasteiger partial charge is 0.389 e. The minimum absolute atomic E-state index is 0.0750. The highest BCUT2D eigenvalue weighted by Crippen LogP contribution is 2.10. The Morgan fingerprint density at radius 3 is 2.50 bits per heavy atom. The van der Waals surface area contributed by atoms with Gasteiger partial charge in [0.25, 0.3) is 0 Å². The first kappa shape index (κ1) is 13.2. The lowest BCUT2D eigenvalue weighted by molar-refractivity contribution is 0.199. The highest BCUT2D eigenvalue weighted by Gasteiger charge is 2.16. The standard InChI is InChI=1S/C10H18N2O3S/c1-8(2)16(14,15)5-4-12-7-10(6-11-12)9(3)13/h6-9,13H,4-5H2,1-3H3. The minimum Gasteiger partial charge on any atom is -0.389 e. The molecule has 1 aromatic rings. The maximum atomic E-state index is 11.6. The van der Waals surface area contributed by atoms with E-state index in [4.69, 9.17) is 0 Å². The van der Waals surface area contributed by atoms with E-state index in [1.807, 2.05) is 0 Å². The summed E-state index contributed by atoms with van der Waals surface area (Å²) in [4.78, 5) is 0. The summed E-state index contributed by atoms with van der Waals surface area (Å²) in [5.41, 5.74) is 0.696. The first-order valence-electron chi connectivity index (χ1n) is 5.25. The van der Waals surface area contributed by atoms with E-state index in [1.54, 1.807) is 37.8 Å². The average Bonchev–Trinajstić information content (AvgIpc) is 2.63. The van der Waals surface area contributed by atoms with Crippen molar-refractivity contribution in [2.75, 3.05) is 5.75 Å². The van der Waals surface area contributed by atoms with E-state index >= 15 is 0 Å². The maximum absolute atomic E-state index is 11.6. The molecule has 1 unspecified atom stereocenters. The van der Waals surface area contributed by atoms with Crippen LogP contribution in [-0.2, 0) is 16.4 Å². The SMILES string of the molecule is CC(O)c1cnn(CCS(=O)(=O)C(C)C)c1. The van der Waals surface area contributed by atoms with E-state index in [2.05, 4.69) is 5.10 Å². The molecule has 1 heterocycles. The summed E-state index contributed by atoms with van der Waals surface area (Å²) in [5.74, 6) is 0.0750. The Bertz CT molecular complexity index is 435. The smallest absolute Gasteiger partial charge is 0.154 e. The molecule has 0 fully saturated rings. The molecule has 0 aliphatic rings. The van der Waals surface area contributed by atoms with Crippen LogP contribution in [0.3, 0.4) is 0 Å². The number of aliphatic hydroxyl groups excluding tert-OH is 1. The molecule has 0 saturated heterocycles. The van der Waals surface area contributed by atoms with Crippen LogP contribution < -0.4 is 0 Å². The Morgan fingerprint density at radius 1 is 1.44 bits per heavy atom. The highest BCUT2D eigenvalue weighted by atomic mass is 32.2. The molecule has 1 rings (SSSR count). The number of nitrogens with zero attached hydrogens (tertiary/aromatic N) is 2. The molecule has 0 radical (unpaired) electrons. The Balaban J connectivity index is 2.62. The van der Waals surface area contributed by atoms with E-state index < -0.39 is 15.9 Å². The summed E-state index contributed by atoms with van der Waals surface area (Å²) in [6, 6.07) is 0. The van der Waals surface area contributed by atoms with Gasteiger partial charge in [0.1, 0.15) is 0 Å². The van der Waals surface area contributed by atoms with Crippen molar-refractivity contribution in [3.05, 3.63) is 18.0 Å². The first-order chi connectivity index (χ1) is 7.33. The molecular formula is C10H18N2O3S. The second-order valence-corrected chi connectivity index (χ2v) is 6.81. The molecule has 92 valence electrons. The average molecular weight is 246 g/mol. The highest BCUT2D eigenvalue weighted by molar-refractivity contribution is 7.91. The molecule has 6 heteroatoms. The lowest BCUT2D eigenvalue weighted by Crippen LogP contribution is -2.21. The summed E-state index contributed by atoms with van der Waals surface area (Å²) in [7, 11) is -3.03. The number of hydrogen-bond acceptors (Lipinski definition) is 4. The van der Waals surface area contributed by atoms with Crippen LogP contribution in [0.1, 0.15) is 32.4 Å². The number of aromatic nitrogens is 2.